The molecule has 0 spiro atoms. The number of benzene rings is 2. The van der Waals surface area contributed by atoms with Crippen LogP contribution in [0.2, 0.25) is 0 Å². The van der Waals surface area contributed by atoms with Gasteiger partial charge in [-0.2, -0.15) is 0 Å². The van der Waals surface area contributed by atoms with Gasteiger partial charge in [0.05, 0.1) is 11.4 Å². The topological polar surface area (TPSA) is 46.6 Å². The van der Waals surface area contributed by atoms with Crippen molar-refractivity contribution in [1.29, 1.82) is 0 Å². The van der Waals surface area contributed by atoms with E-state index in [0.717, 1.165) is 15.5 Å². The molecule has 0 saturated carbocycles. The minimum absolute atomic E-state index is 0.0363. The molecule has 1 aliphatic heterocycles. The summed E-state index contributed by atoms with van der Waals surface area (Å²) in [5.41, 5.74) is 1.42. The number of anilines is 2. The molecule has 0 saturated heterocycles. The molecule has 0 fully saturated rings. The zero-order valence-electron chi connectivity index (χ0n) is 14.1. The van der Waals surface area contributed by atoms with Crippen molar-refractivity contribution in [1.82, 2.24) is 0 Å². The summed E-state index contributed by atoms with van der Waals surface area (Å²) in [6.07, 6.45) is -0.447. The fourth-order valence-corrected chi connectivity index (χ4v) is 3.52. The molecule has 1 aliphatic rings. The number of ketones is 1. The molecule has 4 nitrogen and oxygen atoms in total. The van der Waals surface area contributed by atoms with Crippen molar-refractivity contribution < 1.29 is 14.3 Å². The van der Waals surface area contributed by atoms with E-state index in [0.29, 0.717) is 11.3 Å². The highest BCUT2D eigenvalue weighted by atomic mass is 32.2. The normalized spacial score (nSPS) is 13.1. The first kappa shape index (κ1) is 16.6. The van der Waals surface area contributed by atoms with Gasteiger partial charge in [-0.3, -0.25) is 4.79 Å². The van der Waals surface area contributed by atoms with Gasteiger partial charge >= 0.3 is 6.09 Å². The standard InChI is InChI=1S/C19H19NO3S/c1-12(21)13-9-10-17-15(11-13)20(18(22)23-19(2,3)4)14-7-5-6-8-16(14)24-17/h5-11H,1-4H3. The minimum atomic E-state index is -0.602. The Hall–Kier alpha value is -2.27. The molecule has 1 heterocycles. The van der Waals surface area contributed by atoms with Crippen molar-refractivity contribution in [2.24, 2.45) is 0 Å². The van der Waals surface area contributed by atoms with Crippen LogP contribution in [0.25, 0.3) is 0 Å². The fraction of sp³-hybridized carbons (Fsp3) is 0.263. The van der Waals surface area contributed by atoms with Crippen LogP contribution in [0, 0.1) is 0 Å². The molecule has 0 bridgehead atoms. The van der Waals surface area contributed by atoms with Gasteiger partial charge in [-0.25, -0.2) is 9.69 Å². The van der Waals surface area contributed by atoms with E-state index >= 15 is 0 Å². The lowest BCUT2D eigenvalue weighted by molar-refractivity contribution is 0.0597. The van der Waals surface area contributed by atoms with Crippen molar-refractivity contribution in [2.45, 2.75) is 43.1 Å². The predicted octanol–water partition coefficient (Wildman–Crippen LogP) is 5.43. The molecule has 2 aromatic rings. The first-order valence-corrected chi connectivity index (χ1v) is 8.53. The number of Topliss-reactive ketones (excluding diaryl/α,β-unsaturated/α-hetero) is 1. The van der Waals surface area contributed by atoms with E-state index in [1.807, 2.05) is 51.1 Å². The molecule has 1 amide bonds. The summed E-state index contributed by atoms with van der Waals surface area (Å²) in [5, 5.41) is 0. The summed E-state index contributed by atoms with van der Waals surface area (Å²) in [4.78, 5) is 28.0. The number of amides is 1. The van der Waals surface area contributed by atoms with Gasteiger partial charge in [-0.15, -0.1) is 0 Å². The van der Waals surface area contributed by atoms with Gasteiger partial charge in [-0.1, -0.05) is 30.0 Å². The first-order valence-electron chi connectivity index (χ1n) is 7.71. The molecule has 0 unspecified atom stereocenters. The van der Waals surface area contributed by atoms with Gasteiger partial charge in [0.2, 0.25) is 0 Å². The quantitative estimate of drug-likeness (QED) is 0.649. The van der Waals surface area contributed by atoms with Crippen LogP contribution in [-0.4, -0.2) is 17.5 Å². The lowest BCUT2D eigenvalue weighted by Gasteiger charge is -2.33. The van der Waals surface area contributed by atoms with Gasteiger partial charge in [0, 0.05) is 15.4 Å². The lowest BCUT2D eigenvalue weighted by Crippen LogP contribution is -2.35. The second-order valence-electron chi connectivity index (χ2n) is 6.62. The van der Waals surface area contributed by atoms with Crippen molar-refractivity contribution >= 4 is 35.0 Å². The smallest absolute Gasteiger partial charge is 0.419 e. The van der Waals surface area contributed by atoms with Gasteiger partial charge in [0.25, 0.3) is 0 Å². The number of hydrogen-bond donors (Lipinski definition) is 0. The van der Waals surface area contributed by atoms with Crippen LogP contribution in [0.4, 0.5) is 16.2 Å². The zero-order valence-corrected chi connectivity index (χ0v) is 14.9. The number of para-hydroxylation sites is 1. The first-order chi connectivity index (χ1) is 11.3. The number of carbonyl (C=O) groups excluding carboxylic acids is 2. The molecule has 0 atom stereocenters. The van der Waals surface area contributed by atoms with Crippen LogP contribution in [0.1, 0.15) is 38.1 Å². The molecule has 3 rings (SSSR count). The maximum Gasteiger partial charge on any atom is 0.419 e. The van der Waals surface area contributed by atoms with E-state index in [2.05, 4.69) is 0 Å². The van der Waals surface area contributed by atoms with Crippen molar-refractivity contribution in [3.8, 4) is 0 Å². The molecule has 0 N–H and O–H groups in total. The average molecular weight is 341 g/mol. The number of hydrogen-bond acceptors (Lipinski definition) is 4. The predicted molar refractivity (Wildman–Crippen MR) is 95.4 cm³/mol. The molecule has 24 heavy (non-hydrogen) atoms. The maximum atomic E-state index is 12.8. The third kappa shape index (κ3) is 3.17. The zero-order chi connectivity index (χ0) is 17.5. The number of rotatable bonds is 1. The maximum absolute atomic E-state index is 12.8. The van der Waals surface area contributed by atoms with Crippen LogP contribution >= 0.6 is 11.8 Å². The van der Waals surface area contributed by atoms with E-state index in [9.17, 15) is 9.59 Å². The van der Waals surface area contributed by atoms with Crippen LogP contribution in [0.3, 0.4) is 0 Å². The Morgan fingerprint density at radius 3 is 2.33 bits per heavy atom. The Morgan fingerprint density at radius 1 is 1.00 bits per heavy atom. The van der Waals surface area contributed by atoms with Crippen LogP contribution in [-0.2, 0) is 4.74 Å². The average Bonchev–Trinajstić information content (AvgIpc) is 2.50. The van der Waals surface area contributed by atoms with Crippen LogP contribution < -0.4 is 4.90 Å². The van der Waals surface area contributed by atoms with Crippen molar-refractivity contribution in [3.05, 3.63) is 48.0 Å². The third-order valence-corrected chi connectivity index (χ3v) is 4.64. The largest absolute Gasteiger partial charge is 0.443 e. The summed E-state index contributed by atoms with van der Waals surface area (Å²) in [7, 11) is 0. The molecular formula is C19H19NO3S. The summed E-state index contributed by atoms with van der Waals surface area (Å²) < 4.78 is 5.58. The summed E-state index contributed by atoms with van der Waals surface area (Å²) in [6.45, 7) is 7.02. The van der Waals surface area contributed by atoms with Crippen molar-refractivity contribution in [2.75, 3.05) is 4.90 Å². The SMILES string of the molecule is CC(=O)c1ccc2c(c1)N(C(=O)OC(C)(C)C)c1ccccc1S2. The van der Waals surface area contributed by atoms with E-state index < -0.39 is 11.7 Å². The third-order valence-electron chi connectivity index (χ3n) is 3.51. The van der Waals surface area contributed by atoms with Gasteiger partial charge in [0.15, 0.2) is 5.78 Å². The van der Waals surface area contributed by atoms with E-state index in [1.54, 1.807) is 28.8 Å². The molecule has 0 radical (unpaired) electrons. The van der Waals surface area contributed by atoms with E-state index in [-0.39, 0.29) is 5.78 Å². The fourth-order valence-electron chi connectivity index (χ4n) is 2.48. The number of ether oxygens (including phenoxy) is 1. The monoisotopic (exact) mass is 341 g/mol. The molecule has 0 aliphatic carbocycles. The van der Waals surface area contributed by atoms with Gasteiger partial charge in [0.1, 0.15) is 5.60 Å². The Bertz CT molecular complexity index is 824. The van der Waals surface area contributed by atoms with E-state index in [1.165, 1.54) is 6.92 Å². The Kier molecular flexibility index (Phi) is 4.13. The Balaban J connectivity index is 2.14. The molecular weight excluding hydrogens is 322 g/mol. The second-order valence-corrected chi connectivity index (χ2v) is 7.71. The summed E-state index contributed by atoms with van der Waals surface area (Å²) in [5.74, 6) is -0.0363. The van der Waals surface area contributed by atoms with Crippen LogP contribution in [0.15, 0.2) is 52.3 Å². The highest BCUT2D eigenvalue weighted by molar-refractivity contribution is 7.99. The second kappa shape index (κ2) is 5.98. The van der Waals surface area contributed by atoms with Crippen molar-refractivity contribution in [3.63, 3.8) is 0 Å². The Labute approximate surface area is 145 Å². The number of carbonyl (C=O) groups is 2. The van der Waals surface area contributed by atoms with Crippen LogP contribution in [0.5, 0.6) is 0 Å². The molecule has 5 heteroatoms. The highest BCUT2D eigenvalue weighted by Crippen LogP contribution is 2.48. The van der Waals surface area contributed by atoms with Gasteiger partial charge in [-0.05, 0) is 52.0 Å². The van der Waals surface area contributed by atoms with E-state index in [4.69, 9.17) is 4.74 Å². The summed E-state index contributed by atoms with van der Waals surface area (Å²) >= 11 is 1.58. The highest BCUT2D eigenvalue weighted by Gasteiger charge is 2.32. The minimum Gasteiger partial charge on any atom is -0.443 e. The molecule has 0 aromatic heterocycles. The number of fused-ring (bicyclic) bond motifs is 2. The van der Waals surface area contributed by atoms with Gasteiger partial charge < -0.3 is 4.74 Å². The lowest BCUT2D eigenvalue weighted by atomic mass is 10.1. The molecule has 2 aromatic carbocycles. The summed E-state index contributed by atoms with van der Waals surface area (Å²) in [6, 6.07) is 13.1. The number of nitrogens with zero attached hydrogens (tertiary/aromatic N) is 1. The molecule has 124 valence electrons. The Morgan fingerprint density at radius 2 is 1.67 bits per heavy atom.